The molecule has 5 rings (SSSR count). The number of hydrogen-bond donors (Lipinski definition) is 15. The number of esters is 6. The molecule has 794 valence electrons. The van der Waals surface area contributed by atoms with E-state index in [0.29, 0.717) is 28.4 Å². The van der Waals surface area contributed by atoms with E-state index in [9.17, 15) is 52.7 Å². The molecule has 4 unspecified atom stereocenters. The molecule has 0 fully saturated rings. The molecule has 0 aliphatic heterocycles. The number of aromatic hydroxyl groups is 5. The molecule has 4 atom stereocenters. The van der Waals surface area contributed by atoms with Crippen LogP contribution in [-0.4, -0.2) is 189 Å². The topological polar surface area (TPSA) is 506 Å². The molecule has 32 nitrogen and oxygen atoms in total. The largest absolute Gasteiger partial charge is 0.508 e. The minimum Gasteiger partial charge on any atom is -0.508 e. The first-order valence-corrected chi connectivity index (χ1v) is 47.7. The molecular formula is C107H179N5O27. The number of carbonyl (C=O) groups excluding carboxylic acids is 11. The Balaban J connectivity index is -0.000000351. The van der Waals surface area contributed by atoms with Crippen molar-refractivity contribution in [3.63, 3.8) is 0 Å². The van der Waals surface area contributed by atoms with E-state index >= 15 is 0 Å². The van der Waals surface area contributed by atoms with Crippen molar-refractivity contribution in [3.05, 3.63) is 121 Å². The number of phenolic OH excluding ortho intramolecular Hbond substituents is 5. The maximum absolute atomic E-state index is 11.8. The van der Waals surface area contributed by atoms with Crippen LogP contribution < -0.4 is 26.6 Å². The maximum Gasteiger partial charge on any atom is 0.311 e. The van der Waals surface area contributed by atoms with Gasteiger partial charge in [0.2, 0.25) is 29.5 Å². The fourth-order valence-electron chi connectivity index (χ4n) is 7.91. The van der Waals surface area contributed by atoms with Crippen LogP contribution in [0.15, 0.2) is 121 Å². The second kappa shape index (κ2) is 71.5. The summed E-state index contributed by atoms with van der Waals surface area (Å²) in [5.41, 5.74) is 0.133. The molecule has 5 aromatic rings. The molecule has 15 N–H and O–H groups in total. The summed E-state index contributed by atoms with van der Waals surface area (Å²) in [5, 5.41) is 102. The van der Waals surface area contributed by atoms with Gasteiger partial charge in [-0.3, -0.25) is 52.7 Å². The number of aliphatic hydroxyl groups is 5. The Morgan fingerprint density at radius 2 is 0.424 bits per heavy atom. The number of amides is 5. The molecule has 0 aliphatic rings. The number of nitrogens with one attached hydrogen (secondary N) is 5. The van der Waals surface area contributed by atoms with Gasteiger partial charge >= 0.3 is 35.8 Å². The van der Waals surface area contributed by atoms with Gasteiger partial charge in [0.1, 0.15) is 61.8 Å². The summed E-state index contributed by atoms with van der Waals surface area (Å²) < 4.78 is 28.4. The van der Waals surface area contributed by atoms with Crippen LogP contribution in [0.3, 0.4) is 0 Å². The smallest absolute Gasteiger partial charge is 0.311 e. The molecule has 5 aromatic carbocycles. The van der Waals surface area contributed by atoms with Gasteiger partial charge in [-0.2, -0.15) is 0 Å². The van der Waals surface area contributed by atoms with Gasteiger partial charge in [0.15, 0.2) is 0 Å². The van der Waals surface area contributed by atoms with Crippen LogP contribution in [0, 0.1) is 60.6 Å². The predicted molar refractivity (Wildman–Crippen MR) is 551 cm³/mol. The number of phenols is 5. The van der Waals surface area contributed by atoms with Gasteiger partial charge in [-0.05, 0) is 261 Å². The Bertz CT molecular complexity index is 3810. The van der Waals surface area contributed by atoms with Gasteiger partial charge in [-0.1, -0.05) is 159 Å². The molecular weight excluding hydrogens is 1790 g/mol. The Hall–Kier alpha value is -10.9. The number of hydrogen-bond acceptors (Lipinski definition) is 27. The lowest BCUT2D eigenvalue weighted by Crippen LogP contribution is -2.29. The summed E-state index contributed by atoms with van der Waals surface area (Å²) in [6.45, 7) is 62.3. The first-order chi connectivity index (χ1) is 64.1. The van der Waals surface area contributed by atoms with Crippen LogP contribution in [0.4, 0.5) is 28.4 Å². The molecule has 0 spiro atoms. The van der Waals surface area contributed by atoms with Crippen molar-refractivity contribution in [2.45, 2.75) is 311 Å². The highest BCUT2D eigenvalue weighted by atomic mass is 16.6. The number of rotatable bonds is 37. The highest BCUT2D eigenvalue weighted by Crippen LogP contribution is 2.31. The summed E-state index contributed by atoms with van der Waals surface area (Å²) in [4.78, 5) is 125. The lowest BCUT2D eigenvalue weighted by atomic mass is 9.89. The lowest BCUT2D eigenvalue weighted by Gasteiger charge is -2.21. The lowest BCUT2D eigenvalue weighted by molar-refractivity contribution is -0.157. The van der Waals surface area contributed by atoms with E-state index in [-0.39, 0.29) is 191 Å². The summed E-state index contributed by atoms with van der Waals surface area (Å²) in [7, 11) is 1.42. The van der Waals surface area contributed by atoms with E-state index in [2.05, 4.69) is 36.1 Å². The minimum atomic E-state index is -0.582. The first kappa shape index (κ1) is 139. The van der Waals surface area contributed by atoms with Crippen molar-refractivity contribution >= 4 is 93.8 Å². The highest BCUT2D eigenvalue weighted by molar-refractivity contribution is 5.97. The highest BCUT2D eigenvalue weighted by Gasteiger charge is 2.33. The minimum absolute atomic E-state index is 0.00399. The van der Waals surface area contributed by atoms with Gasteiger partial charge in [-0.15, -0.1) is 0 Å². The summed E-state index contributed by atoms with van der Waals surface area (Å²) in [6.07, 6.45) is 7.41. The third kappa shape index (κ3) is 64.1. The average Bonchev–Trinajstić information content (AvgIpc) is 0.872. The van der Waals surface area contributed by atoms with E-state index in [4.69, 9.17) is 70.0 Å². The van der Waals surface area contributed by atoms with Gasteiger partial charge in [-0.25, -0.2) is 0 Å². The van der Waals surface area contributed by atoms with Crippen LogP contribution >= 0.6 is 0 Å². The van der Waals surface area contributed by atoms with Gasteiger partial charge < -0.3 is 106 Å². The zero-order chi connectivity index (χ0) is 109. The number of benzene rings is 5. The Morgan fingerprint density at radius 3 is 0.583 bits per heavy atom. The van der Waals surface area contributed by atoms with Gasteiger partial charge in [0.05, 0.1) is 72.6 Å². The zero-order valence-electron chi connectivity index (χ0n) is 90.2. The number of methoxy groups -OCH3 is 1. The average molecular weight is 1970 g/mol. The third-order valence-corrected chi connectivity index (χ3v) is 23.0. The van der Waals surface area contributed by atoms with Crippen molar-refractivity contribution in [3.8, 4) is 28.7 Å². The number of aliphatic hydroxyl groups excluding tert-OH is 5. The SMILES string of the molecule is CCC(C)(C)C(=O)Nc1ccc(O)cc1.CCC(C)(C)C(=O)Nc1ccc(O)cc1.CCC(C)(C)C(=O)Nc1ccc(O)cc1.CCC(C)(C)C(=O)Nc1ccc(O)cc1.CCC(C)(C)C(=O)Nc1ccc(O)cc1.CCC(C)(C)C(=O)OC.CCC(C)(C)C(=O)OCC(C)O.CCC(C)(C)C(=O)OCCO.CCC(C)(C)C(=O)OCCO.CCC(C)C(=O)OCC(C)O.CCC(C)C(=O)OCCO. The number of ether oxygens (including phenoxy) is 6. The van der Waals surface area contributed by atoms with E-state index in [1.807, 2.05) is 208 Å². The fraction of sp³-hybridized carbons (Fsp3) is 0.617. The van der Waals surface area contributed by atoms with E-state index in [1.54, 1.807) is 142 Å². The van der Waals surface area contributed by atoms with Crippen molar-refractivity contribution < 1.29 is 132 Å². The standard InChI is InChI=1S/5C12H17NO2.C9H18O3.3C8H16O3.C7H14O3.C7H14O2/c5*1-4-12(2,3)11(15)13-9-5-7-10(14)8-6-9;1-5-9(3,4)8(11)12-6-7(2)10;2*1-4-8(2,3)7(10)11-6-5-9;1-4-6(2)8(10)11-5-7(3)9;1-3-6(2)7(9)10-5-4-8;1-5-7(2,3)6(8)9-4/h5*5-8,14H,4H2,1-3H3,(H,13,15);7,10H,5-6H2,1-4H3;2*9H,4-6H2,1-3H3;6-7,9H,4-5H2,1-3H3;6,8H,3-5H2,1-2H3;5H2,1-4H3. The predicted octanol–water partition coefficient (Wildman–Crippen LogP) is 20.2. The van der Waals surface area contributed by atoms with Crippen molar-refractivity contribution in [1.82, 2.24) is 0 Å². The Morgan fingerprint density at radius 1 is 0.259 bits per heavy atom. The summed E-state index contributed by atoms with van der Waals surface area (Å²) in [5.74, 6) is -0.462. The normalized spacial score (nSPS) is 11.9. The summed E-state index contributed by atoms with van der Waals surface area (Å²) >= 11 is 0. The molecule has 32 heteroatoms. The molecule has 0 saturated carbocycles. The number of carbonyl (C=O) groups is 11. The van der Waals surface area contributed by atoms with Gasteiger partial charge in [0.25, 0.3) is 0 Å². The second-order valence-electron chi connectivity index (χ2n) is 38.8. The Kier molecular flexibility index (Phi) is 71.4. The molecule has 0 aromatic heterocycles. The molecule has 0 aliphatic carbocycles. The van der Waals surface area contributed by atoms with Gasteiger partial charge in [0, 0.05) is 55.5 Å². The quantitative estimate of drug-likeness (QED) is 0.00997. The molecule has 0 radical (unpaired) electrons. The maximum atomic E-state index is 11.8. The monoisotopic (exact) mass is 1970 g/mol. The van der Waals surface area contributed by atoms with E-state index in [1.165, 1.54) is 7.11 Å². The van der Waals surface area contributed by atoms with Crippen LogP contribution in [0.5, 0.6) is 28.7 Å². The van der Waals surface area contributed by atoms with Crippen molar-refractivity contribution in [1.29, 1.82) is 0 Å². The molecule has 0 bridgehead atoms. The zero-order valence-corrected chi connectivity index (χ0v) is 90.2. The third-order valence-electron chi connectivity index (χ3n) is 23.0. The fourth-order valence-corrected chi connectivity index (χ4v) is 7.91. The molecule has 0 heterocycles. The van der Waals surface area contributed by atoms with Crippen LogP contribution in [0.25, 0.3) is 0 Å². The van der Waals surface area contributed by atoms with Crippen LogP contribution in [0.1, 0.15) is 299 Å². The van der Waals surface area contributed by atoms with E-state index in [0.717, 1.165) is 70.6 Å². The van der Waals surface area contributed by atoms with Crippen molar-refractivity contribution in [2.24, 2.45) is 60.6 Å². The molecule has 139 heavy (non-hydrogen) atoms. The van der Waals surface area contributed by atoms with E-state index < -0.39 is 28.5 Å². The first-order valence-electron chi connectivity index (χ1n) is 47.7. The Labute approximate surface area is 830 Å². The summed E-state index contributed by atoms with van der Waals surface area (Å²) in [6, 6.07) is 32.3. The molecule has 0 saturated heterocycles. The number of anilines is 5. The van der Waals surface area contributed by atoms with Crippen LogP contribution in [0.2, 0.25) is 0 Å². The second-order valence-corrected chi connectivity index (χ2v) is 38.8. The molecule has 5 amide bonds. The van der Waals surface area contributed by atoms with Crippen molar-refractivity contribution in [2.75, 3.05) is 86.5 Å². The van der Waals surface area contributed by atoms with Crippen LogP contribution in [-0.2, 0) is 81.2 Å².